The quantitative estimate of drug-likeness (QED) is 0.520. The maximum Gasteiger partial charge on any atom is 0.189 e. The van der Waals surface area contributed by atoms with Gasteiger partial charge in [0, 0.05) is 5.56 Å². The summed E-state index contributed by atoms with van der Waals surface area (Å²) in [7, 11) is 0. The molecule has 1 aromatic heterocycles. The van der Waals surface area contributed by atoms with Crippen molar-refractivity contribution in [1.29, 1.82) is 0 Å². The first kappa shape index (κ1) is 8.79. The molecule has 0 saturated heterocycles. The van der Waals surface area contributed by atoms with Gasteiger partial charge in [0.25, 0.3) is 0 Å². The lowest BCUT2D eigenvalue weighted by Gasteiger charge is -2.01. The topological polar surface area (TPSA) is 50.9 Å². The average molecular weight is 203 g/mol. The van der Waals surface area contributed by atoms with Crippen molar-refractivity contribution >= 4 is 11.0 Å². The van der Waals surface area contributed by atoms with Crippen molar-refractivity contribution in [2.75, 3.05) is 0 Å². The first-order chi connectivity index (χ1) is 6.54. The highest BCUT2D eigenvalue weighted by atomic mass is 19.2. The van der Waals surface area contributed by atoms with Gasteiger partial charge < -0.3 is 5.21 Å². The van der Waals surface area contributed by atoms with Crippen LogP contribution in [0.2, 0.25) is 0 Å². The summed E-state index contributed by atoms with van der Waals surface area (Å²) >= 11 is 0. The fourth-order valence-electron chi connectivity index (χ4n) is 1.16. The molecule has 0 unspecified atom stereocenters. The number of fused-ring (bicyclic) bond motifs is 1. The number of halogens is 3. The predicted octanol–water partition coefficient (Wildman–Crippen LogP) is 1.39. The Bertz CT molecular complexity index is 523. The highest BCUT2D eigenvalue weighted by Gasteiger charge is 2.22. The van der Waals surface area contributed by atoms with Gasteiger partial charge in [0.15, 0.2) is 28.5 Å². The highest BCUT2D eigenvalue weighted by molar-refractivity contribution is 5.76. The standard InChI is InChI=1S/C7H4F3N3O/c1-2-3(8)5(10)6-7(4(2)9)13(14)12-11-6/h14H,1H3. The summed E-state index contributed by atoms with van der Waals surface area (Å²) in [6.07, 6.45) is 0. The molecular weight excluding hydrogens is 199 g/mol. The van der Waals surface area contributed by atoms with E-state index in [4.69, 9.17) is 5.21 Å². The van der Waals surface area contributed by atoms with Crippen LogP contribution in [0.4, 0.5) is 13.2 Å². The Morgan fingerprint density at radius 2 is 1.79 bits per heavy atom. The summed E-state index contributed by atoms with van der Waals surface area (Å²) in [5, 5.41) is 15.0. The van der Waals surface area contributed by atoms with Crippen LogP contribution in [0.5, 0.6) is 0 Å². The van der Waals surface area contributed by atoms with Crippen molar-refractivity contribution in [3.63, 3.8) is 0 Å². The second-order valence-electron chi connectivity index (χ2n) is 2.74. The molecule has 4 nitrogen and oxygen atoms in total. The van der Waals surface area contributed by atoms with Crippen LogP contribution in [0.25, 0.3) is 11.0 Å². The Labute approximate surface area is 75.5 Å². The van der Waals surface area contributed by atoms with Crippen molar-refractivity contribution < 1.29 is 18.4 Å². The molecule has 2 rings (SSSR count). The van der Waals surface area contributed by atoms with Crippen LogP contribution < -0.4 is 0 Å². The minimum Gasteiger partial charge on any atom is -0.410 e. The molecule has 1 aromatic carbocycles. The smallest absolute Gasteiger partial charge is 0.189 e. The third kappa shape index (κ3) is 0.889. The zero-order valence-corrected chi connectivity index (χ0v) is 6.92. The SMILES string of the molecule is Cc1c(F)c(F)c2nnn(O)c2c1F. The fourth-order valence-corrected chi connectivity index (χ4v) is 1.16. The molecule has 0 radical (unpaired) electrons. The molecule has 1 heterocycles. The molecule has 0 spiro atoms. The van der Waals surface area contributed by atoms with E-state index in [1.165, 1.54) is 0 Å². The molecule has 0 aliphatic heterocycles. The van der Waals surface area contributed by atoms with Gasteiger partial charge in [0.05, 0.1) is 0 Å². The lowest BCUT2D eigenvalue weighted by Crippen LogP contribution is -2.00. The minimum absolute atomic E-state index is 0.0696. The van der Waals surface area contributed by atoms with Crippen molar-refractivity contribution in [1.82, 2.24) is 15.2 Å². The van der Waals surface area contributed by atoms with Gasteiger partial charge in [-0.25, -0.2) is 13.2 Å². The van der Waals surface area contributed by atoms with E-state index >= 15 is 0 Å². The van der Waals surface area contributed by atoms with Crippen LogP contribution >= 0.6 is 0 Å². The van der Waals surface area contributed by atoms with Gasteiger partial charge in [-0.3, -0.25) is 0 Å². The number of nitrogens with zero attached hydrogens (tertiary/aromatic N) is 3. The summed E-state index contributed by atoms with van der Waals surface area (Å²) < 4.78 is 39.3. The van der Waals surface area contributed by atoms with Gasteiger partial charge in [-0.2, -0.15) is 0 Å². The summed E-state index contributed by atoms with van der Waals surface area (Å²) in [6.45, 7) is 1.06. The van der Waals surface area contributed by atoms with Crippen LogP contribution in [0.15, 0.2) is 0 Å². The van der Waals surface area contributed by atoms with Crippen molar-refractivity contribution in [2.24, 2.45) is 0 Å². The molecule has 0 atom stereocenters. The summed E-state index contributed by atoms with van der Waals surface area (Å²) in [5.41, 5.74) is -1.72. The number of hydrogen-bond acceptors (Lipinski definition) is 3. The number of benzene rings is 1. The zero-order valence-electron chi connectivity index (χ0n) is 6.92. The predicted molar refractivity (Wildman–Crippen MR) is 39.3 cm³/mol. The largest absolute Gasteiger partial charge is 0.410 e. The van der Waals surface area contributed by atoms with Crippen molar-refractivity contribution in [3.05, 3.63) is 23.0 Å². The van der Waals surface area contributed by atoms with Gasteiger partial charge >= 0.3 is 0 Å². The summed E-state index contributed by atoms with van der Waals surface area (Å²) in [4.78, 5) is 0.0696. The van der Waals surface area contributed by atoms with E-state index in [9.17, 15) is 13.2 Å². The van der Waals surface area contributed by atoms with E-state index in [0.29, 0.717) is 0 Å². The molecule has 0 aliphatic rings. The third-order valence-electron chi connectivity index (χ3n) is 1.92. The second-order valence-corrected chi connectivity index (χ2v) is 2.74. The van der Waals surface area contributed by atoms with Crippen LogP contribution in [0.1, 0.15) is 5.56 Å². The van der Waals surface area contributed by atoms with Crippen LogP contribution in [0.3, 0.4) is 0 Å². The van der Waals surface area contributed by atoms with Crippen LogP contribution in [0, 0.1) is 24.4 Å². The highest BCUT2D eigenvalue weighted by Crippen LogP contribution is 2.24. The Kier molecular flexibility index (Phi) is 1.63. The van der Waals surface area contributed by atoms with E-state index in [2.05, 4.69) is 10.3 Å². The Morgan fingerprint density at radius 1 is 1.14 bits per heavy atom. The molecule has 74 valence electrons. The monoisotopic (exact) mass is 203 g/mol. The normalized spacial score (nSPS) is 11.1. The number of aromatic nitrogens is 3. The molecule has 0 fully saturated rings. The zero-order chi connectivity index (χ0) is 10.5. The molecule has 0 amide bonds. The molecule has 0 aliphatic carbocycles. The maximum atomic E-state index is 13.3. The molecule has 7 heteroatoms. The lowest BCUT2D eigenvalue weighted by atomic mass is 10.2. The molecule has 0 saturated carbocycles. The molecule has 14 heavy (non-hydrogen) atoms. The van der Waals surface area contributed by atoms with E-state index in [1.807, 2.05) is 0 Å². The second kappa shape index (κ2) is 2.60. The van der Waals surface area contributed by atoms with E-state index < -0.39 is 34.0 Å². The molecule has 2 aromatic rings. The first-order valence-corrected chi connectivity index (χ1v) is 3.61. The average Bonchev–Trinajstić information content (AvgIpc) is 2.54. The van der Waals surface area contributed by atoms with Gasteiger partial charge in [0.2, 0.25) is 0 Å². The van der Waals surface area contributed by atoms with Gasteiger partial charge in [0.1, 0.15) is 0 Å². The van der Waals surface area contributed by atoms with Crippen LogP contribution in [-0.2, 0) is 0 Å². The summed E-state index contributed by atoms with van der Waals surface area (Å²) in [6, 6.07) is 0. The van der Waals surface area contributed by atoms with Crippen molar-refractivity contribution in [2.45, 2.75) is 6.92 Å². The fraction of sp³-hybridized carbons (Fsp3) is 0.143. The minimum atomic E-state index is -1.32. The van der Waals surface area contributed by atoms with Crippen molar-refractivity contribution in [3.8, 4) is 0 Å². The van der Waals surface area contributed by atoms with E-state index in [-0.39, 0.29) is 4.85 Å². The molecular formula is C7H4F3N3O. The Hall–Kier alpha value is -1.79. The molecule has 1 N–H and O–H groups in total. The van der Waals surface area contributed by atoms with Crippen LogP contribution in [-0.4, -0.2) is 20.4 Å². The van der Waals surface area contributed by atoms with Gasteiger partial charge in [-0.05, 0) is 12.1 Å². The first-order valence-electron chi connectivity index (χ1n) is 3.61. The van der Waals surface area contributed by atoms with Gasteiger partial charge in [-0.1, -0.05) is 4.85 Å². The third-order valence-corrected chi connectivity index (χ3v) is 1.92. The number of rotatable bonds is 0. The summed E-state index contributed by atoms with van der Waals surface area (Å²) in [5.74, 6) is -3.72. The van der Waals surface area contributed by atoms with E-state index in [0.717, 1.165) is 6.92 Å². The molecule has 0 bridgehead atoms. The number of hydrogen-bond donors (Lipinski definition) is 1. The lowest BCUT2D eigenvalue weighted by molar-refractivity contribution is 0.153. The Morgan fingerprint density at radius 3 is 2.43 bits per heavy atom. The van der Waals surface area contributed by atoms with Gasteiger partial charge in [-0.15, -0.1) is 5.10 Å². The maximum absolute atomic E-state index is 13.3. The Balaban J connectivity index is 3.05. The van der Waals surface area contributed by atoms with E-state index in [1.54, 1.807) is 0 Å².